The lowest BCUT2D eigenvalue weighted by Gasteiger charge is -2.48. The van der Waals surface area contributed by atoms with E-state index in [1.807, 2.05) is 11.3 Å². The number of aromatic nitrogens is 1. The van der Waals surface area contributed by atoms with Crippen LogP contribution in [0.25, 0.3) is 0 Å². The standard InChI is InChI=1S/C17H29N3S/c1-5-14-8-18-16(21-14)10-20-11-17(4,13-6-7-13)19-9-15(20)12(2)3/h8,12-13,15,19H,5-7,9-11H2,1-4H3. The lowest BCUT2D eigenvalue weighted by atomic mass is 9.88. The lowest BCUT2D eigenvalue weighted by Crippen LogP contribution is -2.64. The molecule has 2 unspecified atom stereocenters. The van der Waals surface area contributed by atoms with Gasteiger partial charge in [-0.1, -0.05) is 20.8 Å². The zero-order valence-electron chi connectivity index (χ0n) is 13.9. The summed E-state index contributed by atoms with van der Waals surface area (Å²) < 4.78 is 0. The van der Waals surface area contributed by atoms with E-state index in [0.717, 1.165) is 25.4 Å². The molecule has 2 atom stereocenters. The Labute approximate surface area is 133 Å². The first-order valence-electron chi connectivity index (χ1n) is 8.44. The van der Waals surface area contributed by atoms with Gasteiger partial charge in [-0.05, 0) is 38.0 Å². The second-order valence-electron chi connectivity index (χ2n) is 7.36. The first-order chi connectivity index (χ1) is 10.0. The fourth-order valence-corrected chi connectivity index (χ4v) is 4.53. The van der Waals surface area contributed by atoms with E-state index in [1.54, 1.807) is 0 Å². The van der Waals surface area contributed by atoms with Gasteiger partial charge in [0.15, 0.2) is 0 Å². The van der Waals surface area contributed by atoms with Gasteiger partial charge < -0.3 is 5.32 Å². The van der Waals surface area contributed by atoms with Crippen molar-refractivity contribution < 1.29 is 0 Å². The van der Waals surface area contributed by atoms with Crippen LogP contribution in [0.5, 0.6) is 0 Å². The molecule has 1 saturated carbocycles. The number of hydrogen-bond acceptors (Lipinski definition) is 4. The van der Waals surface area contributed by atoms with Gasteiger partial charge in [-0.3, -0.25) is 4.90 Å². The van der Waals surface area contributed by atoms with Crippen LogP contribution in [0.3, 0.4) is 0 Å². The second kappa shape index (κ2) is 5.98. The molecule has 1 N–H and O–H groups in total. The summed E-state index contributed by atoms with van der Waals surface area (Å²) in [6.45, 7) is 12.6. The molecule has 2 heterocycles. The number of hydrogen-bond donors (Lipinski definition) is 1. The Kier molecular flexibility index (Phi) is 4.40. The SMILES string of the molecule is CCc1cnc(CN2CC(C)(C3CC3)NCC2C(C)C)s1. The van der Waals surface area contributed by atoms with Crippen LogP contribution >= 0.6 is 11.3 Å². The highest BCUT2D eigenvalue weighted by atomic mass is 32.1. The Hall–Kier alpha value is -0.450. The first kappa shape index (κ1) is 15.4. The van der Waals surface area contributed by atoms with E-state index in [0.29, 0.717) is 17.5 Å². The lowest BCUT2D eigenvalue weighted by molar-refractivity contribution is 0.0462. The third-order valence-corrected chi connectivity index (χ3v) is 6.38. The highest BCUT2D eigenvalue weighted by molar-refractivity contribution is 7.11. The third kappa shape index (κ3) is 3.33. The summed E-state index contributed by atoms with van der Waals surface area (Å²) in [6.07, 6.45) is 5.97. The summed E-state index contributed by atoms with van der Waals surface area (Å²) in [4.78, 5) is 8.74. The molecule has 0 spiro atoms. The van der Waals surface area contributed by atoms with Gasteiger partial charge in [-0.15, -0.1) is 11.3 Å². The normalized spacial score (nSPS) is 31.0. The molecule has 0 aromatic carbocycles. The van der Waals surface area contributed by atoms with Gasteiger partial charge in [-0.2, -0.15) is 0 Å². The molecule has 3 rings (SSSR count). The molecule has 4 heteroatoms. The van der Waals surface area contributed by atoms with Crippen molar-refractivity contribution in [1.29, 1.82) is 0 Å². The van der Waals surface area contributed by atoms with E-state index < -0.39 is 0 Å². The van der Waals surface area contributed by atoms with Crippen LogP contribution in [0.2, 0.25) is 0 Å². The summed E-state index contributed by atoms with van der Waals surface area (Å²) in [5, 5.41) is 5.15. The maximum absolute atomic E-state index is 4.64. The minimum Gasteiger partial charge on any atom is -0.308 e. The zero-order valence-corrected chi connectivity index (χ0v) is 14.7. The molecule has 1 aliphatic heterocycles. The number of aryl methyl sites for hydroxylation is 1. The van der Waals surface area contributed by atoms with E-state index in [2.05, 4.69) is 49.1 Å². The summed E-state index contributed by atoms with van der Waals surface area (Å²) in [5.74, 6) is 1.57. The Bertz CT molecular complexity index is 480. The molecule has 1 aliphatic carbocycles. The number of thiazole rings is 1. The van der Waals surface area contributed by atoms with Crippen molar-refractivity contribution in [2.24, 2.45) is 11.8 Å². The first-order valence-corrected chi connectivity index (χ1v) is 9.26. The number of piperazine rings is 1. The Morgan fingerprint density at radius 3 is 2.81 bits per heavy atom. The minimum absolute atomic E-state index is 0.316. The molecule has 3 nitrogen and oxygen atoms in total. The van der Waals surface area contributed by atoms with E-state index >= 15 is 0 Å². The van der Waals surface area contributed by atoms with Crippen molar-refractivity contribution in [2.75, 3.05) is 13.1 Å². The van der Waals surface area contributed by atoms with Gasteiger partial charge in [0.25, 0.3) is 0 Å². The highest BCUT2D eigenvalue weighted by Crippen LogP contribution is 2.42. The summed E-state index contributed by atoms with van der Waals surface area (Å²) >= 11 is 1.89. The number of nitrogens with one attached hydrogen (secondary N) is 1. The van der Waals surface area contributed by atoms with E-state index in [4.69, 9.17) is 0 Å². The van der Waals surface area contributed by atoms with Gasteiger partial charge in [-0.25, -0.2) is 4.98 Å². The smallest absolute Gasteiger partial charge is 0.107 e. The monoisotopic (exact) mass is 307 g/mol. The molecule has 0 amide bonds. The molecular formula is C17H29N3S. The molecule has 21 heavy (non-hydrogen) atoms. The zero-order chi connectivity index (χ0) is 15.0. The van der Waals surface area contributed by atoms with Crippen molar-refractivity contribution in [3.63, 3.8) is 0 Å². The molecular weight excluding hydrogens is 278 g/mol. The van der Waals surface area contributed by atoms with E-state index in [9.17, 15) is 0 Å². The van der Waals surface area contributed by atoms with E-state index in [1.165, 1.54) is 29.3 Å². The summed E-state index contributed by atoms with van der Waals surface area (Å²) in [7, 11) is 0. The van der Waals surface area contributed by atoms with Gasteiger partial charge >= 0.3 is 0 Å². The minimum atomic E-state index is 0.316. The number of nitrogens with zero attached hydrogens (tertiary/aromatic N) is 2. The molecule has 2 aliphatic rings. The molecule has 1 aromatic rings. The van der Waals surface area contributed by atoms with Crippen molar-refractivity contribution >= 4 is 11.3 Å². The highest BCUT2D eigenvalue weighted by Gasteiger charge is 2.46. The average molecular weight is 308 g/mol. The summed E-state index contributed by atoms with van der Waals surface area (Å²) in [5.41, 5.74) is 0.316. The van der Waals surface area contributed by atoms with Crippen LogP contribution in [0.1, 0.15) is 50.4 Å². The van der Waals surface area contributed by atoms with Crippen molar-refractivity contribution in [2.45, 2.75) is 65.1 Å². The van der Waals surface area contributed by atoms with Crippen molar-refractivity contribution in [3.05, 3.63) is 16.1 Å². The average Bonchev–Trinajstić information content (AvgIpc) is 3.21. The molecule has 1 saturated heterocycles. The van der Waals surface area contributed by atoms with Gasteiger partial charge in [0, 0.05) is 35.7 Å². The summed E-state index contributed by atoms with van der Waals surface area (Å²) in [6, 6.07) is 0.630. The van der Waals surface area contributed by atoms with Crippen LogP contribution < -0.4 is 5.32 Å². The molecule has 118 valence electrons. The second-order valence-corrected chi connectivity index (χ2v) is 8.56. The fourth-order valence-electron chi connectivity index (χ4n) is 3.64. The predicted molar refractivity (Wildman–Crippen MR) is 89.7 cm³/mol. The number of rotatable bonds is 5. The van der Waals surface area contributed by atoms with Gasteiger partial charge in [0.2, 0.25) is 0 Å². The van der Waals surface area contributed by atoms with Crippen molar-refractivity contribution in [1.82, 2.24) is 15.2 Å². The van der Waals surface area contributed by atoms with E-state index in [-0.39, 0.29) is 0 Å². The molecule has 2 fully saturated rings. The maximum atomic E-state index is 4.64. The fraction of sp³-hybridized carbons (Fsp3) is 0.824. The van der Waals surface area contributed by atoms with Gasteiger partial charge in [0.05, 0.1) is 6.54 Å². The quantitative estimate of drug-likeness (QED) is 0.904. The third-order valence-electron chi connectivity index (χ3n) is 5.25. The molecule has 1 aromatic heterocycles. The van der Waals surface area contributed by atoms with Crippen molar-refractivity contribution in [3.8, 4) is 0 Å². The Balaban J connectivity index is 1.73. The van der Waals surface area contributed by atoms with Crippen LogP contribution in [0, 0.1) is 11.8 Å². The van der Waals surface area contributed by atoms with Crippen LogP contribution in [-0.4, -0.2) is 34.6 Å². The Morgan fingerprint density at radius 2 is 2.24 bits per heavy atom. The molecule has 0 radical (unpaired) electrons. The van der Waals surface area contributed by atoms with Crippen LogP contribution in [0.15, 0.2) is 6.20 Å². The van der Waals surface area contributed by atoms with Crippen LogP contribution in [0.4, 0.5) is 0 Å². The largest absolute Gasteiger partial charge is 0.308 e. The topological polar surface area (TPSA) is 28.2 Å². The predicted octanol–water partition coefficient (Wildman–Crippen LogP) is 3.30. The molecule has 0 bridgehead atoms. The maximum Gasteiger partial charge on any atom is 0.107 e. The Morgan fingerprint density at radius 1 is 1.48 bits per heavy atom. The van der Waals surface area contributed by atoms with Crippen LogP contribution in [-0.2, 0) is 13.0 Å². The van der Waals surface area contributed by atoms with Gasteiger partial charge in [0.1, 0.15) is 5.01 Å².